The maximum absolute atomic E-state index is 12.0. The van der Waals surface area contributed by atoms with E-state index in [1.54, 1.807) is 31.3 Å². The molecule has 4 nitrogen and oxygen atoms in total. The van der Waals surface area contributed by atoms with Crippen LogP contribution in [-0.2, 0) is 0 Å². The number of carbonyl (C=O) groups is 1. The van der Waals surface area contributed by atoms with Crippen molar-refractivity contribution >= 4 is 5.91 Å². The minimum atomic E-state index is -0.106. The molecule has 1 aromatic rings. The van der Waals surface area contributed by atoms with Gasteiger partial charge >= 0.3 is 0 Å². The zero-order chi connectivity index (χ0) is 14.1. The van der Waals surface area contributed by atoms with Crippen LogP contribution in [0.25, 0.3) is 0 Å². The van der Waals surface area contributed by atoms with E-state index in [0.717, 1.165) is 5.56 Å². The lowest BCUT2D eigenvalue weighted by atomic mass is 10.1. The monoisotopic (exact) mass is 256 g/mol. The molecule has 0 unspecified atom stereocenters. The molecular formula is C15H16N2O2. The molecule has 0 heterocycles. The molecule has 0 spiro atoms. The number of hydrogen-bond acceptors (Lipinski definition) is 3. The molecule has 1 N–H and O–H groups in total. The van der Waals surface area contributed by atoms with Gasteiger partial charge in [0.15, 0.2) is 0 Å². The lowest BCUT2D eigenvalue weighted by molar-refractivity contribution is 0.0798. The van der Waals surface area contributed by atoms with Crippen molar-refractivity contribution in [3.8, 4) is 17.9 Å². The number of aliphatic hydroxyl groups excluding tert-OH is 1. The highest BCUT2D eigenvalue weighted by Crippen LogP contribution is 2.06. The van der Waals surface area contributed by atoms with Gasteiger partial charge in [-0.25, -0.2) is 0 Å². The molecule has 98 valence electrons. The van der Waals surface area contributed by atoms with Gasteiger partial charge in [-0.1, -0.05) is 11.8 Å². The Morgan fingerprint density at radius 1 is 1.32 bits per heavy atom. The van der Waals surface area contributed by atoms with Crippen LogP contribution < -0.4 is 0 Å². The molecule has 0 aliphatic carbocycles. The van der Waals surface area contributed by atoms with E-state index < -0.39 is 0 Å². The Hall–Kier alpha value is -2.30. The lowest BCUT2D eigenvalue weighted by Gasteiger charge is -2.15. The molecule has 1 amide bonds. The number of carbonyl (C=O) groups excluding carboxylic acids is 1. The minimum Gasteiger partial charge on any atom is -0.395 e. The average Bonchev–Trinajstić information content (AvgIpc) is 2.45. The van der Waals surface area contributed by atoms with Gasteiger partial charge in [-0.05, 0) is 24.3 Å². The van der Waals surface area contributed by atoms with Crippen LogP contribution in [0.1, 0.15) is 28.8 Å². The number of amides is 1. The van der Waals surface area contributed by atoms with E-state index in [2.05, 4.69) is 11.8 Å². The van der Waals surface area contributed by atoms with Crippen molar-refractivity contribution in [2.45, 2.75) is 12.8 Å². The topological polar surface area (TPSA) is 64.3 Å². The van der Waals surface area contributed by atoms with Gasteiger partial charge in [0.1, 0.15) is 0 Å². The highest BCUT2D eigenvalue weighted by atomic mass is 16.2. The standard InChI is InChI=1S/C15H16N2O2/c1-17(11-4-10-16)15(19)14-8-6-13(7-9-14)5-2-3-12-18/h6-9,18H,3-4,11-12H2,1H3. The van der Waals surface area contributed by atoms with Gasteiger partial charge in [-0.2, -0.15) is 5.26 Å². The maximum atomic E-state index is 12.0. The second-order valence-corrected chi connectivity index (χ2v) is 3.99. The van der Waals surface area contributed by atoms with Crippen LogP contribution in [0.5, 0.6) is 0 Å². The van der Waals surface area contributed by atoms with E-state index in [1.807, 2.05) is 6.07 Å². The first kappa shape index (κ1) is 14.8. The summed E-state index contributed by atoms with van der Waals surface area (Å²) in [6.07, 6.45) is 0.768. The van der Waals surface area contributed by atoms with Crippen LogP contribution in [0.2, 0.25) is 0 Å². The molecular weight excluding hydrogens is 240 g/mol. The van der Waals surface area contributed by atoms with Crippen LogP contribution in [0, 0.1) is 23.2 Å². The van der Waals surface area contributed by atoms with E-state index in [0.29, 0.717) is 24.9 Å². The van der Waals surface area contributed by atoms with E-state index >= 15 is 0 Å². The Bertz CT molecular complexity index is 518. The van der Waals surface area contributed by atoms with E-state index in [1.165, 1.54) is 4.90 Å². The maximum Gasteiger partial charge on any atom is 0.253 e. The first-order chi connectivity index (χ1) is 9.19. The summed E-state index contributed by atoms with van der Waals surface area (Å²) >= 11 is 0. The molecule has 0 fully saturated rings. The van der Waals surface area contributed by atoms with Gasteiger partial charge in [0.05, 0.1) is 19.1 Å². The Morgan fingerprint density at radius 3 is 2.58 bits per heavy atom. The summed E-state index contributed by atoms with van der Waals surface area (Å²) in [6, 6.07) is 8.99. The van der Waals surface area contributed by atoms with Crippen LogP contribution in [0.4, 0.5) is 0 Å². The first-order valence-corrected chi connectivity index (χ1v) is 6.01. The SMILES string of the molecule is CN(CCC#N)C(=O)c1ccc(C#CCCO)cc1. The number of benzene rings is 1. The van der Waals surface area contributed by atoms with Crippen LogP contribution in [0.15, 0.2) is 24.3 Å². The second-order valence-electron chi connectivity index (χ2n) is 3.99. The molecule has 1 aromatic carbocycles. The number of hydrogen-bond donors (Lipinski definition) is 1. The molecule has 0 saturated carbocycles. The third-order valence-electron chi connectivity index (χ3n) is 2.51. The largest absolute Gasteiger partial charge is 0.395 e. The van der Waals surface area contributed by atoms with Gasteiger partial charge < -0.3 is 10.0 Å². The third-order valence-corrected chi connectivity index (χ3v) is 2.51. The minimum absolute atomic E-state index is 0.0489. The zero-order valence-corrected chi connectivity index (χ0v) is 10.9. The van der Waals surface area contributed by atoms with Crippen molar-refractivity contribution in [2.75, 3.05) is 20.2 Å². The lowest BCUT2D eigenvalue weighted by Crippen LogP contribution is -2.27. The van der Waals surface area contributed by atoms with Gasteiger partial charge in [-0.15, -0.1) is 0 Å². The van der Waals surface area contributed by atoms with E-state index in [-0.39, 0.29) is 12.5 Å². The Balaban J connectivity index is 2.69. The fourth-order valence-corrected chi connectivity index (χ4v) is 1.46. The smallest absolute Gasteiger partial charge is 0.253 e. The number of rotatable bonds is 4. The Kier molecular flexibility index (Phi) is 6.15. The summed E-state index contributed by atoms with van der Waals surface area (Å²) in [5, 5.41) is 17.1. The normalized spacial score (nSPS) is 9.11. The van der Waals surface area contributed by atoms with Gasteiger partial charge in [0.25, 0.3) is 5.91 Å². The zero-order valence-electron chi connectivity index (χ0n) is 10.9. The van der Waals surface area contributed by atoms with E-state index in [4.69, 9.17) is 10.4 Å². The summed E-state index contributed by atoms with van der Waals surface area (Å²) in [6.45, 7) is 0.473. The van der Waals surface area contributed by atoms with Crippen molar-refractivity contribution in [3.63, 3.8) is 0 Å². The predicted molar refractivity (Wildman–Crippen MR) is 72.2 cm³/mol. The predicted octanol–water partition coefficient (Wildman–Crippen LogP) is 1.41. The van der Waals surface area contributed by atoms with Gasteiger partial charge in [0.2, 0.25) is 0 Å². The van der Waals surface area contributed by atoms with Gasteiger partial charge in [0, 0.05) is 31.1 Å². The average molecular weight is 256 g/mol. The molecule has 19 heavy (non-hydrogen) atoms. The summed E-state index contributed by atoms with van der Waals surface area (Å²) in [7, 11) is 1.68. The Labute approximate surface area is 113 Å². The number of aliphatic hydroxyl groups is 1. The van der Waals surface area contributed by atoms with Crippen molar-refractivity contribution in [1.29, 1.82) is 5.26 Å². The Morgan fingerprint density at radius 2 is 2.00 bits per heavy atom. The summed E-state index contributed by atoms with van der Waals surface area (Å²) in [5.41, 5.74) is 1.39. The highest BCUT2D eigenvalue weighted by Gasteiger charge is 2.10. The third kappa shape index (κ3) is 4.83. The summed E-state index contributed by atoms with van der Waals surface area (Å²) < 4.78 is 0. The van der Waals surface area contributed by atoms with Crippen LogP contribution >= 0.6 is 0 Å². The van der Waals surface area contributed by atoms with Crippen LogP contribution in [-0.4, -0.2) is 36.1 Å². The second kappa shape index (κ2) is 7.92. The molecule has 0 aromatic heterocycles. The number of nitrogens with zero attached hydrogens (tertiary/aromatic N) is 2. The van der Waals surface area contributed by atoms with Crippen molar-refractivity contribution < 1.29 is 9.90 Å². The molecule has 0 aliphatic rings. The molecule has 4 heteroatoms. The van der Waals surface area contributed by atoms with Crippen molar-refractivity contribution in [2.24, 2.45) is 0 Å². The molecule has 0 atom stereocenters. The number of nitriles is 1. The van der Waals surface area contributed by atoms with Crippen molar-refractivity contribution in [3.05, 3.63) is 35.4 Å². The molecule has 0 saturated heterocycles. The summed E-state index contributed by atoms with van der Waals surface area (Å²) in [4.78, 5) is 13.5. The van der Waals surface area contributed by atoms with Crippen LogP contribution in [0.3, 0.4) is 0 Å². The quantitative estimate of drug-likeness (QED) is 0.828. The highest BCUT2D eigenvalue weighted by molar-refractivity contribution is 5.94. The molecule has 1 rings (SSSR count). The van der Waals surface area contributed by atoms with E-state index in [9.17, 15) is 4.79 Å². The molecule has 0 radical (unpaired) electrons. The first-order valence-electron chi connectivity index (χ1n) is 6.01. The fraction of sp³-hybridized carbons (Fsp3) is 0.333. The van der Waals surface area contributed by atoms with Gasteiger partial charge in [-0.3, -0.25) is 4.79 Å². The molecule has 0 bridgehead atoms. The summed E-state index contributed by atoms with van der Waals surface area (Å²) in [5.74, 6) is 5.61. The fourth-order valence-electron chi connectivity index (χ4n) is 1.46. The van der Waals surface area contributed by atoms with Crippen molar-refractivity contribution in [1.82, 2.24) is 4.90 Å². The molecule has 0 aliphatic heterocycles.